The first-order chi connectivity index (χ1) is 12.2. The highest BCUT2D eigenvalue weighted by Crippen LogP contribution is 2.36. The predicted octanol–water partition coefficient (Wildman–Crippen LogP) is 2.83. The zero-order valence-corrected chi connectivity index (χ0v) is 14.0. The number of rotatable bonds is 6. The van der Waals surface area contributed by atoms with Crippen LogP contribution in [0.5, 0.6) is 0 Å². The van der Waals surface area contributed by atoms with Crippen LogP contribution in [0.25, 0.3) is 0 Å². The van der Waals surface area contributed by atoms with Crippen molar-refractivity contribution >= 4 is 11.9 Å². The molecule has 0 aliphatic carbocycles. The van der Waals surface area contributed by atoms with Crippen LogP contribution in [0.3, 0.4) is 0 Å². The SMILES string of the molecule is CCOC(C(=O)O[C@H]1CCOC1=O)(c1ccccc1)c1ccccc1. The zero-order valence-electron chi connectivity index (χ0n) is 14.0. The van der Waals surface area contributed by atoms with Crippen molar-refractivity contribution in [2.45, 2.75) is 25.0 Å². The number of hydrogen-bond acceptors (Lipinski definition) is 5. The Labute approximate surface area is 146 Å². The molecule has 5 heteroatoms. The quantitative estimate of drug-likeness (QED) is 0.757. The van der Waals surface area contributed by atoms with Crippen molar-refractivity contribution in [3.63, 3.8) is 0 Å². The van der Waals surface area contributed by atoms with Gasteiger partial charge in [0.1, 0.15) is 0 Å². The van der Waals surface area contributed by atoms with Gasteiger partial charge in [-0.25, -0.2) is 9.59 Å². The maximum absolute atomic E-state index is 13.2. The Morgan fingerprint density at radius 1 is 1.08 bits per heavy atom. The lowest BCUT2D eigenvalue weighted by Crippen LogP contribution is -2.43. The number of hydrogen-bond donors (Lipinski definition) is 0. The van der Waals surface area contributed by atoms with E-state index in [4.69, 9.17) is 14.2 Å². The van der Waals surface area contributed by atoms with Gasteiger partial charge in [-0.05, 0) is 18.1 Å². The van der Waals surface area contributed by atoms with Gasteiger partial charge < -0.3 is 14.2 Å². The highest BCUT2D eigenvalue weighted by Gasteiger charge is 2.47. The molecular formula is C20H20O5. The van der Waals surface area contributed by atoms with E-state index in [1.807, 2.05) is 67.6 Å². The van der Waals surface area contributed by atoms with Gasteiger partial charge in [0, 0.05) is 13.0 Å². The molecule has 1 atom stereocenters. The van der Waals surface area contributed by atoms with Crippen LogP contribution in [0.15, 0.2) is 60.7 Å². The van der Waals surface area contributed by atoms with Gasteiger partial charge in [0.15, 0.2) is 0 Å². The van der Waals surface area contributed by atoms with E-state index in [0.29, 0.717) is 24.2 Å². The van der Waals surface area contributed by atoms with Gasteiger partial charge in [-0.1, -0.05) is 60.7 Å². The summed E-state index contributed by atoms with van der Waals surface area (Å²) in [4.78, 5) is 24.9. The molecule has 1 fully saturated rings. The van der Waals surface area contributed by atoms with Crippen LogP contribution in [0, 0.1) is 0 Å². The molecule has 2 aromatic carbocycles. The molecular weight excluding hydrogens is 320 g/mol. The Kier molecular flexibility index (Phi) is 5.14. The van der Waals surface area contributed by atoms with Gasteiger partial charge in [-0.2, -0.15) is 0 Å². The molecule has 5 nitrogen and oxygen atoms in total. The molecule has 0 spiro atoms. The fraction of sp³-hybridized carbons (Fsp3) is 0.300. The van der Waals surface area contributed by atoms with E-state index in [-0.39, 0.29) is 6.61 Å². The van der Waals surface area contributed by atoms with E-state index in [1.54, 1.807) is 0 Å². The third-order valence-corrected chi connectivity index (χ3v) is 4.15. The number of benzene rings is 2. The predicted molar refractivity (Wildman–Crippen MR) is 90.7 cm³/mol. The molecule has 0 aromatic heterocycles. The average Bonchev–Trinajstić information content (AvgIpc) is 3.06. The van der Waals surface area contributed by atoms with Crippen molar-refractivity contribution in [1.82, 2.24) is 0 Å². The van der Waals surface area contributed by atoms with Gasteiger partial charge in [0.25, 0.3) is 0 Å². The van der Waals surface area contributed by atoms with Crippen molar-refractivity contribution < 1.29 is 23.8 Å². The van der Waals surface area contributed by atoms with Crippen LogP contribution in [-0.2, 0) is 29.4 Å². The Morgan fingerprint density at radius 2 is 1.64 bits per heavy atom. The van der Waals surface area contributed by atoms with Crippen molar-refractivity contribution in [3.05, 3.63) is 71.8 Å². The van der Waals surface area contributed by atoms with Crippen molar-refractivity contribution in [3.8, 4) is 0 Å². The fourth-order valence-electron chi connectivity index (χ4n) is 2.99. The second kappa shape index (κ2) is 7.49. The van der Waals surface area contributed by atoms with Crippen LogP contribution in [-0.4, -0.2) is 31.3 Å². The molecule has 1 aliphatic heterocycles. The lowest BCUT2D eigenvalue weighted by molar-refractivity contribution is -0.177. The van der Waals surface area contributed by atoms with Gasteiger partial charge in [-0.15, -0.1) is 0 Å². The zero-order chi connectivity index (χ0) is 17.7. The standard InChI is InChI=1S/C20H20O5/c1-2-24-20(15-9-5-3-6-10-15,16-11-7-4-8-12-16)19(22)25-17-13-14-23-18(17)21/h3-12,17H,2,13-14H2,1H3/t17-/m0/s1. The molecule has 2 aromatic rings. The van der Waals surface area contributed by atoms with Crippen LogP contribution < -0.4 is 0 Å². The monoisotopic (exact) mass is 340 g/mol. The Balaban J connectivity index is 2.06. The molecule has 0 saturated carbocycles. The summed E-state index contributed by atoms with van der Waals surface area (Å²) in [5.74, 6) is -1.13. The number of cyclic esters (lactones) is 1. The molecule has 0 bridgehead atoms. The fourth-order valence-corrected chi connectivity index (χ4v) is 2.99. The van der Waals surface area contributed by atoms with E-state index in [1.165, 1.54) is 0 Å². The minimum absolute atomic E-state index is 0.259. The average molecular weight is 340 g/mol. The largest absolute Gasteiger partial charge is 0.463 e. The third-order valence-electron chi connectivity index (χ3n) is 4.15. The molecule has 130 valence electrons. The minimum atomic E-state index is -1.43. The van der Waals surface area contributed by atoms with E-state index in [9.17, 15) is 9.59 Å². The van der Waals surface area contributed by atoms with Gasteiger partial charge in [0.2, 0.25) is 11.7 Å². The molecule has 1 saturated heterocycles. The van der Waals surface area contributed by atoms with E-state index in [0.717, 1.165) is 0 Å². The molecule has 0 unspecified atom stereocenters. The number of esters is 2. The molecule has 1 heterocycles. The van der Waals surface area contributed by atoms with Crippen LogP contribution in [0.1, 0.15) is 24.5 Å². The normalized spacial score (nSPS) is 17.2. The first-order valence-electron chi connectivity index (χ1n) is 8.31. The van der Waals surface area contributed by atoms with Gasteiger partial charge in [-0.3, -0.25) is 0 Å². The Bertz CT molecular complexity index is 687. The summed E-state index contributed by atoms with van der Waals surface area (Å²) in [6.07, 6.45) is -0.532. The van der Waals surface area contributed by atoms with Crippen molar-refractivity contribution in [2.75, 3.05) is 13.2 Å². The van der Waals surface area contributed by atoms with Gasteiger partial charge in [0.05, 0.1) is 6.61 Å². The minimum Gasteiger partial charge on any atom is -0.463 e. The topological polar surface area (TPSA) is 61.8 Å². The van der Waals surface area contributed by atoms with Crippen LogP contribution in [0.2, 0.25) is 0 Å². The summed E-state index contributed by atoms with van der Waals surface area (Å²) >= 11 is 0. The maximum atomic E-state index is 13.2. The van der Waals surface area contributed by atoms with Crippen molar-refractivity contribution in [1.29, 1.82) is 0 Å². The Hall–Kier alpha value is -2.66. The summed E-state index contributed by atoms with van der Waals surface area (Å²) in [5.41, 5.74) is -0.126. The molecule has 3 rings (SSSR count). The second-order valence-electron chi connectivity index (χ2n) is 5.70. The van der Waals surface area contributed by atoms with E-state index >= 15 is 0 Å². The lowest BCUT2D eigenvalue weighted by Gasteiger charge is -2.32. The number of ether oxygens (including phenoxy) is 3. The van der Waals surface area contributed by atoms with Crippen LogP contribution >= 0.6 is 0 Å². The summed E-state index contributed by atoms with van der Waals surface area (Å²) in [6, 6.07) is 18.3. The lowest BCUT2D eigenvalue weighted by atomic mass is 9.86. The van der Waals surface area contributed by atoms with E-state index in [2.05, 4.69) is 0 Å². The summed E-state index contributed by atoms with van der Waals surface area (Å²) < 4.78 is 16.4. The number of carbonyl (C=O) groups is 2. The molecule has 0 radical (unpaired) electrons. The number of carbonyl (C=O) groups excluding carboxylic acids is 2. The van der Waals surface area contributed by atoms with Crippen LogP contribution in [0.4, 0.5) is 0 Å². The highest BCUT2D eigenvalue weighted by molar-refractivity contribution is 5.88. The first-order valence-corrected chi connectivity index (χ1v) is 8.31. The summed E-state index contributed by atoms with van der Waals surface area (Å²) in [7, 11) is 0. The van der Waals surface area contributed by atoms with Crippen molar-refractivity contribution in [2.24, 2.45) is 0 Å². The smallest absolute Gasteiger partial charge is 0.348 e. The highest BCUT2D eigenvalue weighted by atomic mass is 16.6. The molecule has 0 amide bonds. The third kappa shape index (κ3) is 3.28. The first kappa shape index (κ1) is 17.2. The molecule has 25 heavy (non-hydrogen) atoms. The summed E-state index contributed by atoms with van der Waals surface area (Å²) in [5, 5.41) is 0. The Morgan fingerprint density at radius 3 is 2.08 bits per heavy atom. The van der Waals surface area contributed by atoms with E-state index < -0.39 is 23.6 Å². The second-order valence-corrected chi connectivity index (χ2v) is 5.70. The maximum Gasteiger partial charge on any atom is 0.348 e. The molecule has 0 N–H and O–H groups in total. The molecule has 1 aliphatic rings. The summed E-state index contributed by atoms with van der Waals surface area (Å²) in [6.45, 7) is 2.38. The van der Waals surface area contributed by atoms with Gasteiger partial charge >= 0.3 is 11.9 Å².